The lowest BCUT2D eigenvalue weighted by molar-refractivity contribution is 0.0525. The minimum Gasteiger partial charge on any atom is -0.497 e. The first-order chi connectivity index (χ1) is 13.0. The van der Waals surface area contributed by atoms with Crippen molar-refractivity contribution in [1.82, 2.24) is 5.32 Å². The first kappa shape index (κ1) is 20.7. The monoisotopic (exact) mass is 386 g/mol. The highest BCUT2D eigenvalue weighted by Crippen LogP contribution is 2.22. The van der Waals surface area contributed by atoms with Crippen molar-refractivity contribution in [3.05, 3.63) is 59.2 Å². The third kappa shape index (κ3) is 5.44. The van der Waals surface area contributed by atoms with Crippen molar-refractivity contribution in [2.24, 2.45) is 0 Å². The van der Waals surface area contributed by atoms with Gasteiger partial charge in [-0.2, -0.15) is 0 Å². The van der Waals surface area contributed by atoms with Gasteiger partial charge < -0.3 is 20.1 Å². The van der Waals surface area contributed by atoms with Crippen molar-refractivity contribution >= 4 is 29.0 Å². The van der Waals surface area contributed by atoms with Gasteiger partial charge in [-0.1, -0.05) is 25.1 Å². The molecule has 0 bridgehead atoms. The molecule has 0 radical (unpaired) electrons. The molecule has 0 amide bonds. The van der Waals surface area contributed by atoms with Crippen LogP contribution in [0.5, 0.6) is 5.75 Å². The molecule has 144 valence electrons. The van der Waals surface area contributed by atoms with Crippen molar-refractivity contribution in [2.45, 2.75) is 33.2 Å². The number of ether oxygens (including phenoxy) is 2. The molecule has 0 saturated heterocycles. The second-order valence-electron chi connectivity index (χ2n) is 6.03. The molecule has 2 N–H and O–H groups in total. The molecule has 0 fully saturated rings. The van der Waals surface area contributed by atoms with E-state index in [1.165, 1.54) is 0 Å². The largest absolute Gasteiger partial charge is 0.497 e. The third-order valence-corrected chi connectivity index (χ3v) is 4.53. The topological polar surface area (TPSA) is 59.6 Å². The number of carbonyl (C=O) groups excluding carboxylic acids is 1. The maximum Gasteiger partial charge on any atom is 0.338 e. The second-order valence-corrected chi connectivity index (χ2v) is 6.44. The number of esters is 1. The number of hydrogen-bond acceptors (Lipinski definition) is 4. The number of methoxy groups -OCH3 is 1. The second kappa shape index (κ2) is 9.92. The van der Waals surface area contributed by atoms with Crippen LogP contribution in [-0.4, -0.2) is 24.8 Å². The summed E-state index contributed by atoms with van der Waals surface area (Å²) in [7, 11) is 1.65. The predicted octanol–water partition coefficient (Wildman–Crippen LogP) is 4.62. The Morgan fingerprint density at radius 2 is 1.85 bits per heavy atom. The average molecular weight is 387 g/mol. The normalized spacial score (nSPS) is 11.4. The Bertz CT molecular complexity index is 791. The van der Waals surface area contributed by atoms with Crippen LogP contribution in [0.15, 0.2) is 42.5 Å². The van der Waals surface area contributed by atoms with E-state index in [0.29, 0.717) is 17.3 Å². The summed E-state index contributed by atoms with van der Waals surface area (Å²) in [5.74, 6) is 0.489. The quantitative estimate of drug-likeness (QED) is 0.535. The Morgan fingerprint density at radius 1 is 1.15 bits per heavy atom. The first-order valence-corrected chi connectivity index (χ1v) is 9.39. The molecule has 0 unspecified atom stereocenters. The maximum atomic E-state index is 12.1. The van der Waals surface area contributed by atoms with E-state index in [-0.39, 0.29) is 12.0 Å². The molecule has 0 heterocycles. The molecule has 6 heteroatoms. The van der Waals surface area contributed by atoms with Crippen molar-refractivity contribution in [3.8, 4) is 5.75 Å². The van der Waals surface area contributed by atoms with E-state index < -0.39 is 0 Å². The van der Waals surface area contributed by atoms with Gasteiger partial charge in [0, 0.05) is 5.69 Å². The van der Waals surface area contributed by atoms with Gasteiger partial charge in [-0.3, -0.25) is 0 Å². The fourth-order valence-electron chi connectivity index (χ4n) is 2.78. The fourth-order valence-corrected chi connectivity index (χ4v) is 3.03. The highest BCUT2D eigenvalue weighted by Gasteiger charge is 2.15. The van der Waals surface area contributed by atoms with Crippen LogP contribution in [0.4, 0.5) is 5.69 Å². The summed E-state index contributed by atoms with van der Waals surface area (Å²) < 4.78 is 10.3. The van der Waals surface area contributed by atoms with Crippen molar-refractivity contribution < 1.29 is 14.3 Å². The Hall–Kier alpha value is -2.60. The minimum atomic E-state index is -0.331. The van der Waals surface area contributed by atoms with Gasteiger partial charge >= 0.3 is 5.97 Å². The van der Waals surface area contributed by atoms with E-state index in [1.807, 2.05) is 43.3 Å². The summed E-state index contributed by atoms with van der Waals surface area (Å²) in [5.41, 5.74) is 3.24. The number of nitrogens with one attached hydrogen (secondary N) is 2. The summed E-state index contributed by atoms with van der Waals surface area (Å²) in [4.78, 5) is 12.1. The van der Waals surface area contributed by atoms with Gasteiger partial charge in [0.25, 0.3) is 0 Å². The van der Waals surface area contributed by atoms with E-state index in [4.69, 9.17) is 21.7 Å². The van der Waals surface area contributed by atoms with E-state index in [0.717, 1.165) is 29.0 Å². The van der Waals surface area contributed by atoms with E-state index in [2.05, 4.69) is 17.6 Å². The molecule has 0 aliphatic rings. The highest BCUT2D eigenvalue weighted by molar-refractivity contribution is 7.80. The van der Waals surface area contributed by atoms with E-state index in [9.17, 15) is 4.79 Å². The van der Waals surface area contributed by atoms with Gasteiger partial charge in [0.1, 0.15) is 5.75 Å². The number of benzene rings is 2. The Balaban J connectivity index is 2.09. The molecule has 0 aliphatic carbocycles. The van der Waals surface area contributed by atoms with Gasteiger partial charge in [0.2, 0.25) is 0 Å². The smallest absolute Gasteiger partial charge is 0.338 e. The van der Waals surface area contributed by atoms with Crippen LogP contribution in [0, 0.1) is 6.92 Å². The molecule has 5 nitrogen and oxygen atoms in total. The summed E-state index contributed by atoms with van der Waals surface area (Å²) >= 11 is 5.48. The molecule has 1 atom stereocenters. The summed E-state index contributed by atoms with van der Waals surface area (Å²) in [6.07, 6.45) is 0.871. The van der Waals surface area contributed by atoms with Gasteiger partial charge in [0.15, 0.2) is 5.11 Å². The Morgan fingerprint density at radius 3 is 2.44 bits per heavy atom. The molecular formula is C21H26N2O3S. The van der Waals surface area contributed by atoms with Gasteiger partial charge in [-0.25, -0.2) is 4.79 Å². The van der Waals surface area contributed by atoms with Gasteiger partial charge in [-0.05, 0) is 67.9 Å². The molecule has 2 rings (SSSR count). The zero-order chi connectivity index (χ0) is 19.8. The SMILES string of the molecule is CCOC(=O)c1cccc(NC(=S)N[C@@H](CC)c2ccc(OC)cc2)c1C. The van der Waals surface area contributed by atoms with Crippen LogP contribution < -0.4 is 15.4 Å². The van der Waals surface area contributed by atoms with Crippen molar-refractivity contribution in [2.75, 3.05) is 19.0 Å². The fraction of sp³-hybridized carbons (Fsp3) is 0.333. The van der Waals surface area contributed by atoms with E-state index in [1.54, 1.807) is 20.1 Å². The molecule has 27 heavy (non-hydrogen) atoms. The van der Waals surface area contributed by atoms with Crippen molar-refractivity contribution in [3.63, 3.8) is 0 Å². The van der Waals surface area contributed by atoms with Crippen LogP contribution in [0.25, 0.3) is 0 Å². The summed E-state index contributed by atoms with van der Waals surface area (Å²) in [6, 6.07) is 13.4. The van der Waals surface area contributed by atoms with Gasteiger partial charge in [-0.15, -0.1) is 0 Å². The lowest BCUT2D eigenvalue weighted by Gasteiger charge is -2.21. The molecule has 0 aromatic heterocycles. The number of thiocarbonyl (C=S) groups is 1. The van der Waals surface area contributed by atoms with Crippen LogP contribution in [0.1, 0.15) is 47.8 Å². The molecule has 2 aromatic rings. The lowest BCUT2D eigenvalue weighted by Crippen LogP contribution is -2.32. The zero-order valence-corrected chi connectivity index (χ0v) is 17.0. The number of rotatable bonds is 7. The molecular weight excluding hydrogens is 360 g/mol. The Labute approximate surface area is 166 Å². The predicted molar refractivity (Wildman–Crippen MR) is 113 cm³/mol. The zero-order valence-electron chi connectivity index (χ0n) is 16.2. The summed E-state index contributed by atoms with van der Waals surface area (Å²) in [5, 5.41) is 7.03. The standard InChI is InChI=1S/C21H26N2O3S/c1-5-18(15-10-12-16(25-4)13-11-15)22-21(27)23-19-9-7-8-17(14(19)3)20(24)26-6-2/h7-13,18H,5-6H2,1-4H3,(H2,22,23,27)/t18-/m0/s1. The number of hydrogen-bond donors (Lipinski definition) is 2. The minimum absolute atomic E-state index is 0.0736. The molecule has 0 spiro atoms. The van der Waals surface area contributed by atoms with Crippen molar-refractivity contribution in [1.29, 1.82) is 0 Å². The van der Waals surface area contributed by atoms with Crippen LogP contribution in [-0.2, 0) is 4.74 Å². The maximum absolute atomic E-state index is 12.1. The molecule has 0 saturated carbocycles. The van der Waals surface area contributed by atoms with E-state index >= 15 is 0 Å². The molecule has 2 aromatic carbocycles. The first-order valence-electron chi connectivity index (χ1n) is 8.98. The molecule has 0 aliphatic heterocycles. The van der Waals surface area contributed by atoms with Crippen LogP contribution in [0.2, 0.25) is 0 Å². The lowest BCUT2D eigenvalue weighted by atomic mass is 10.0. The number of anilines is 1. The number of carbonyl (C=O) groups is 1. The third-order valence-electron chi connectivity index (χ3n) is 4.31. The summed E-state index contributed by atoms with van der Waals surface area (Å²) in [6.45, 7) is 6.10. The van der Waals surface area contributed by atoms with Crippen LogP contribution in [0.3, 0.4) is 0 Å². The Kier molecular flexibility index (Phi) is 7.61. The average Bonchev–Trinajstić information content (AvgIpc) is 2.68. The highest BCUT2D eigenvalue weighted by atomic mass is 32.1. The van der Waals surface area contributed by atoms with Crippen LogP contribution >= 0.6 is 12.2 Å². The van der Waals surface area contributed by atoms with Gasteiger partial charge in [0.05, 0.1) is 25.3 Å².